The molecule has 0 fully saturated rings. The maximum absolute atomic E-state index is 14.1. The zero-order chi connectivity index (χ0) is 24.9. The number of hydrogen-bond acceptors (Lipinski definition) is 5. The lowest BCUT2D eigenvalue weighted by molar-refractivity contribution is 0.0994. The average Bonchev–Trinajstić information content (AvgIpc) is 3.20. The Kier molecular flexibility index (Phi) is 7.01. The van der Waals surface area contributed by atoms with Crippen LogP contribution in [-0.2, 0) is 0 Å². The number of anilines is 2. The maximum atomic E-state index is 14.1. The van der Waals surface area contributed by atoms with Gasteiger partial charge in [-0.2, -0.15) is 0 Å². The highest BCUT2D eigenvalue weighted by atomic mass is 19.1. The molecule has 0 radical (unpaired) electrons. The summed E-state index contributed by atoms with van der Waals surface area (Å²) in [5.74, 6) is -0.757. The van der Waals surface area contributed by atoms with Gasteiger partial charge in [0.2, 0.25) is 0 Å². The first-order valence-electron chi connectivity index (χ1n) is 11.2. The lowest BCUT2D eigenvalue weighted by Crippen LogP contribution is -2.16. The van der Waals surface area contributed by atoms with E-state index in [2.05, 4.69) is 10.6 Å². The number of ether oxygens (including phenoxy) is 2. The van der Waals surface area contributed by atoms with E-state index in [0.29, 0.717) is 52.6 Å². The Hall–Kier alpha value is -4.33. The predicted molar refractivity (Wildman–Crippen MR) is 132 cm³/mol. The summed E-state index contributed by atoms with van der Waals surface area (Å²) < 4.78 is 31.2. The molecule has 0 saturated heterocycles. The molecule has 2 N–H and O–H groups in total. The molecule has 0 aliphatic heterocycles. The number of amides is 2. The van der Waals surface area contributed by atoms with Crippen molar-refractivity contribution in [2.75, 3.05) is 23.8 Å². The Labute approximate surface area is 201 Å². The highest BCUT2D eigenvalue weighted by Gasteiger charge is 2.22. The van der Waals surface area contributed by atoms with Crippen molar-refractivity contribution < 1.29 is 27.9 Å². The second kappa shape index (κ2) is 10.3. The second-order valence-corrected chi connectivity index (χ2v) is 7.66. The highest BCUT2D eigenvalue weighted by Crippen LogP contribution is 2.38. The van der Waals surface area contributed by atoms with Gasteiger partial charge in [0.15, 0.2) is 17.2 Å². The van der Waals surface area contributed by atoms with Crippen molar-refractivity contribution in [1.29, 1.82) is 0 Å². The normalized spacial score (nSPS) is 10.7. The molecule has 3 aromatic carbocycles. The number of furan rings is 1. The van der Waals surface area contributed by atoms with Crippen LogP contribution >= 0.6 is 0 Å². The van der Waals surface area contributed by atoms with Crippen LogP contribution in [-0.4, -0.2) is 25.0 Å². The third-order valence-electron chi connectivity index (χ3n) is 5.34. The number of hydrogen-bond donors (Lipinski definition) is 2. The van der Waals surface area contributed by atoms with Gasteiger partial charge < -0.3 is 24.5 Å². The molecule has 4 aromatic rings. The van der Waals surface area contributed by atoms with Crippen LogP contribution in [0.2, 0.25) is 0 Å². The molecule has 0 unspecified atom stereocenters. The van der Waals surface area contributed by atoms with Gasteiger partial charge in [-0.3, -0.25) is 9.59 Å². The second-order valence-electron chi connectivity index (χ2n) is 7.66. The number of para-hydroxylation sites is 1. The van der Waals surface area contributed by atoms with Crippen molar-refractivity contribution in [3.63, 3.8) is 0 Å². The van der Waals surface area contributed by atoms with Crippen LogP contribution < -0.4 is 20.1 Å². The molecule has 4 rings (SSSR count). The number of rotatable bonds is 8. The van der Waals surface area contributed by atoms with Crippen LogP contribution in [0.25, 0.3) is 11.0 Å². The first kappa shape index (κ1) is 23.8. The van der Waals surface area contributed by atoms with Crippen LogP contribution in [0.3, 0.4) is 0 Å². The van der Waals surface area contributed by atoms with Crippen LogP contribution in [0.5, 0.6) is 11.5 Å². The van der Waals surface area contributed by atoms with Gasteiger partial charge in [0.05, 0.1) is 24.6 Å². The van der Waals surface area contributed by atoms with E-state index in [1.807, 2.05) is 13.0 Å². The van der Waals surface area contributed by atoms with E-state index < -0.39 is 11.7 Å². The summed E-state index contributed by atoms with van der Waals surface area (Å²) in [4.78, 5) is 25.8. The van der Waals surface area contributed by atoms with E-state index in [0.717, 1.165) is 0 Å². The fourth-order valence-corrected chi connectivity index (χ4v) is 3.69. The molecular formula is C27H25FN2O5. The molecule has 180 valence electrons. The largest absolute Gasteiger partial charge is 0.492 e. The van der Waals surface area contributed by atoms with Gasteiger partial charge in [-0.25, -0.2) is 4.39 Å². The molecule has 0 aliphatic carbocycles. The quantitative estimate of drug-likeness (QED) is 0.317. The molecule has 0 bridgehead atoms. The topological polar surface area (TPSA) is 89.8 Å². The molecule has 2 amide bonds. The minimum Gasteiger partial charge on any atom is -0.492 e. The fraction of sp³-hybridized carbons (Fsp3) is 0.185. The lowest BCUT2D eigenvalue weighted by Gasteiger charge is -2.17. The van der Waals surface area contributed by atoms with E-state index in [1.165, 1.54) is 6.07 Å². The van der Waals surface area contributed by atoms with Crippen LogP contribution in [0.1, 0.15) is 40.3 Å². The number of benzene rings is 3. The van der Waals surface area contributed by atoms with Crippen LogP contribution in [0.15, 0.2) is 65.1 Å². The van der Waals surface area contributed by atoms with Crippen molar-refractivity contribution in [2.45, 2.75) is 20.8 Å². The maximum Gasteiger partial charge on any atom is 0.291 e. The number of nitrogens with one attached hydrogen (secondary N) is 2. The zero-order valence-corrected chi connectivity index (χ0v) is 19.6. The standard InChI is InChI=1S/C27H25FN2O5/c1-4-33-22-15-21(30-27(32)24-16(3)18-12-9-13-19(28)25(18)35-24)23(34-5-2)14-20(22)29-26(31)17-10-7-6-8-11-17/h6-15H,4-5H2,1-3H3,(H,29,31)(H,30,32). The number of carbonyl (C=O) groups excluding carboxylic acids is 2. The summed E-state index contributed by atoms with van der Waals surface area (Å²) in [6.07, 6.45) is 0. The molecule has 0 spiro atoms. The zero-order valence-electron chi connectivity index (χ0n) is 19.6. The van der Waals surface area contributed by atoms with Crippen LogP contribution in [0.4, 0.5) is 15.8 Å². The van der Waals surface area contributed by atoms with Gasteiger partial charge in [0, 0.05) is 28.6 Å². The van der Waals surface area contributed by atoms with Gasteiger partial charge in [-0.1, -0.05) is 30.3 Å². The molecule has 0 aliphatic rings. The number of fused-ring (bicyclic) bond motifs is 1. The first-order valence-corrected chi connectivity index (χ1v) is 11.2. The first-order chi connectivity index (χ1) is 16.9. The molecule has 35 heavy (non-hydrogen) atoms. The summed E-state index contributed by atoms with van der Waals surface area (Å²) in [6.45, 7) is 5.95. The SMILES string of the molecule is CCOc1cc(NC(=O)c2oc3c(F)cccc3c2C)c(OCC)cc1NC(=O)c1ccccc1. The third kappa shape index (κ3) is 4.96. The minimum absolute atomic E-state index is 0.00744. The van der Waals surface area contributed by atoms with Crippen molar-refractivity contribution >= 4 is 34.2 Å². The molecule has 1 heterocycles. The average molecular weight is 477 g/mol. The van der Waals surface area contributed by atoms with Gasteiger partial charge in [0.25, 0.3) is 11.8 Å². The molecule has 8 heteroatoms. The Bertz CT molecular complexity index is 1380. The molecule has 7 nitrogen and oxygen atoms in total. The van der Waals surface area contributed by atoms with E-state index in [9.17, 15) is 14.0 Å². The summed E-state index contributed by atoms with van der Waals surface area (Å²) in [6, 6.07) is 16.5. The van der Waals surface area contributed by atoms with Crippen molar-refractivity contribution in [3.05, 3.63) is 83.4 Å². The Morgan fingerprint density at radius 2 is 1.46 bits per heavy atom. The third-order valence-corrected chi connectivity index (χ3v) is 5.34. The monoisotopic (exact) mass is 476 g/mol. The molecule has 0 atom stereocenters. The van der Waals surface area contributed by atoms with E-state index in [1.54, 1.807) is 62.4 Å². The molecular weight excluding hydrogens is 451 g/mol. The van der Waals surface area contributed by atoms with Crippen molar-refractivity contribution in [3.8, 4) is 11.5 Å². The van der Waals surface area contributed by atoms with E-state index in [4.69, 9.17) is 13.9 Å². The van der Waals surface area contributed by atoms with E-state index >= 15 is 0 Å². The van der Waals surface area contributed by atoms with Crippen LogP contribution in [0, 0.1) is 12.7 Å². The predicted octanol–water partition coefficient (Wildman–Crippen LogP) is 6.18. The smallest absolute Gasteiger partial charge is 0.291 e. The Morgan fingerprint density at radius 3 is 2.03 bits per heavy atom. The highest BCUT2D eigenvalue weighted by molar-refractivity contribution is 6.08. The molecule has 1 aromatic heterocycles. The number of halogens is 1. The van der Waals surface area contributed by atoms with Gasteiger partial charge >= 0.3 is 0 Å². The summed E-state index contributed by atoms with van der Waals surface area (Å²) in [7, 11) is 0. The van der Waals surface area contributed by atoms with Gasteiger partial charge in [0.1, 0.15) is 11.5 Å². The number of carbonyl (C=O) groups is 2. The van der Waals surface area contributed by atoms with Crippen molar-refractivity contribution in [1.82, 2.24) is 0 Å². The van der Waals surface area contributed by atoms with Gasteiger partial charge in [-0.15, -0.1) is 0 Å². The summed E-state index contributed by atoms with van der Waals surface area (Å²) in [5, 5.41) is 6.13. The Balaban J connectivity index is 1.68. The van der Waals surface area contributed by atoms with Crippen molar-refractivity contribution in [2.24, 2.45) is 0 Å². The lowest BCUT2D eigenvalue weighted by atomic mass is 10.1. The summed E-state index contributed by atoms with van der Waals surface area (Å²) >= 11 is 0. The summed E-state index contributed by atoms with van der Waals surface area (Å²) in [5.41, 5.74) is 1.74. The number of aryl methyl sites for hydroxylation is 1. The Morgan fingerprint density at radius 1 is 0.857 bits per heavy atom. The van der Waals surface area contributed by atoms with E-state index in [-0.39, 0.29) is 17.3 Å². The fourth-order valence-electron chi connectivity index (χ4n) is 3.69. The minimum atomic E-state index is -0.567. The van der Waals surface area contributed by atoms with Gasteiger partial charge in [-0.05, 0) is 39.0 Å². The molecule has 0 saturated carbocycles.